The lowest BCUT2D eigenvalue weighted by Crippen LogP contribution is -2.40. The molecule has 2 rings (SSSR count). The van der Waals surface area contributed by atoms with Gasteiger partial charge in [0.25, 0.3) is 0 Å². The van der Waals surface area contributed by atoms with Gasteiger partial charge < -0.3 is 14.2 Å². The molecule has 2 heterocycles. The number of esters is 1. The van der Waals surface area contributed by atoms with Gasteiger partial charge in [0.2, 0.25) is 6.10 Å². The topological polar surface area (TPSA) is 44.8 Å². The minimum atomic E-state index is -1.10. The smallest absolute Gasteiger partial charge is 0.312 e. The monoisotopic (exact) mass is 256 g/mol. The Balaban J connectivity index is 2.09. The molecule has 0 saturated heterocycles. The molecule has 2 aliphatic heterocycles. The number of rotatable bonds is 1. The lowest BCUT2D eigenvalue weighted by Gasteiger charge is -2.27. The highest BCUT2D eigenvalue weighted by Gasteiger charge is 2.48. The number of ether oxygens (including phenoxy) is 3. The van der Waals surface area contributed by atoms with E-state index in [1.165, 1.54) is 13.2 Å². The van der Waals surface area contributed by atoms with Gasteiger partial charge in [-0.2, -0.15) is 0 Å². The summed E-state index contributed by atoms with van der Waals surface area (Å²) in [5, 5.41) is 0. The Kier molecular flexibility index (Phi) is 3.63. The molecule has 0 fully saturated rings. The molecule has 1 unspecified atom stereocenters. The summed E-state index contributed by atoms with van der Waals surface area (Å²) in [5.41, 5.74) is 0. The van der Waals surface area contributed by atoms with Crippen molar-refractivity contribution in [2.45, 2.75) is 25.7 Å². The van der Waals surface area contributed by atoms with Gasteiger partial charge in [-0.15, -0.1) is 0 Å². The van der Waals surface area contributed by atoms with E-state index < -0.39 is 17.9 Å². The molecule has 0 aromatic carbocycles. The summed E-state index contributed by atoms with van der Waals surface area (Å²) < 4.78 is 16.2. The minimum absolute atomic E-state index is 0.396. The van der Waals surface area contributed by atoms with E-state index in [0.717, 1.165) is 0 Å². The zero-order valence-electron chi connectivity index (χ0n) is 10.6. The summed E-state index contributed by atoms with van der Waals surface area (Å²) in [4.78, 5) is 11.0. The Bertz CT molecular complexity index is 589. The Labute approximate surface area is 111 Å². The van der Waals surface area contributed by atoms with Gasteiger partial charge in [-0.05, 0) is 30.9 Å². The van der Waals surface area contributed by atoms with E-state index in [1.54, 1.807) is 31.2 Å². The fourth-order valence-electron chi connectivity index (χ4n) is 1.67. The SMILES string of the molecule is CC#CC#C/C=C1\C=C[C@]2(OC=CC2OC(C)=O)O1. The second-order valence-corrected chi connectivity index (χ2v) is 3.82. The molecule has 0 aliphatic carbocycles. The highest BCUT2D eigenvalue weighted by molar-refractivity contribution is 5.66. The first-order valence-corrected chi connectivity index (χ1v) is 5.69. The zero-order valence-corrected chi connectivity index (χ0v) is 10.6. The van der Waals surface area contributed by atoms with Crippen LogP contribution >= 0.6 is 0 Å². The van der Waals surface area contributed by atoms with Crippen molar-refractivity contribution in [2.24, 2.45) is 0 Å². The molecule has 0 aromatic heterocycles. The van der Waals surface area contributed by atoms with E-state index in [4.69, 9.17) is 14.2 Å². The van der Waals surface area contributed by atoms with Gasteiger partial charge in [-0.1, -0.05) is 11.8 Å². The highest BCUT2D eigenvalue weighted by Crippen LogP contribution is 2.36. The third kappa shape index (κ3) is 2.81. The maximum absolute atomic E-state index is 11.0. The van der Waals surface area contributed by atoms with Gasteiger partial charge in [0.05, 0.1) is 6.26 Å². The number of carbonyl (C=O) groups excluding carboxylic acids is 1. The van der Waals surface area contributed by atoms with Crippen LogP contribution in [0.3, 0.4) is 0 Å². The van der Waals surface area contributed by atoms with Crippen LogP contribution in [0.1, 0.15) is 13.8 Å². The summed E-state index contributed by atoms with van der Waals surface area (Å²) >= 11 is 0. The maximum Gasteiger partial charge on any atom is 0.312 e. The lowest BCUT2D eigenvalue weighted by atomic mass is 10.1. The van der Waals surface area contributed by atoms with Crippen LogP contribution in [-0.4, -0.2) is 17.9 Å². The van der Waals surface area contributed by atoms with Crippen molar-refractivity contribution in [1.29, 1.82) is 0 Å². The summed E-state index contributed by atoms with van der Waals surface area (Å²) in [6.07, 6.45) is 7.48. The van der Waals surface area contributed by atoms with Crippen molar-refractivity contribution in [3.8, 4) is 23.7 Å². The first-order chi connectivity index (χ1) is 9.16. The van der Waals surface area contributed by atoms with Crippen molar-refractivity contribution >= 4 is 5.97 Å². The average molecular weight is 256 g/mol. The minimum Gasteiger partial charge on any atom is -0.453 e. The van der Waals surface area contributed by atoms with Crippen LogP contribution in [-0.2, 0) is 19.0 Å². The van der Waals surface area contributed by atoms with Gasteiger partial charge in [0.15, 0.2) is 0 Å². The second kappa shape index (κ2) is 5.37. The first kappa shape index (κ1) is 12.9. The Morgan fingerprint density at radius 1 is 1.53 bits per heavy atom. The summed E-state index contributed by atoms with van der Waals surface area (Å²) in [5.74, 6) is 9.71. The van der Waals surface area contributed by atoms with E-state index in [0.29, 0.717) is 5.76 Å². The predicted octanol–water partition coefficient (Wildman–Crippen LogP) is 1.66. The van der Waals surface area contributed by atoms with Gasteiger partial charge in [-0.25, -0.2) is 0 Å². The number of hydrogen-bond donors (Lipinski definition) is 0. The quantitative estimate of drug-likeness (QED) is 0.528. The van der Waals surface area contributed by atoms with Crippen molar-refractivity contribution in [3.05, 3.63) is 36.3 Å². The van der Waals surface area contributed by atoms with E-state index in [9.17, 15) is 4.79 Å². The fraction of sp³-hybridized carbons (Fsp3) is 0.267. The first-order valence-electron chi connectivity index (χ1n) is 5.69. The summed E-state index contributed by atoms with van der Waals surface area (Å²) in [7, 11) is 0. The fourth-order valence-corrected chi connectivity index (χ4v) is 1.67. The van der Waals surface area contributed by atoms with Crippen LogP contribution in [0, 0.1) is 23.7 Å². The molecule has 19 heavy (non-hydrogen) atoms. The van der Waals surface area contributed by atoms with Gasteiger partial charge in [0.1, 0.15) is 5.76 Å². The van der Waals surface area contributed by atoms with E-state index in [2.05, 4.69) is 23.7 Å². The standard InChI is InChI=1S/C15H12O4/c1-3-4-5-6-7-13-8-10-15(19-13)14(9-11-17-15)18-12(2)16/h7-11,14H,1-2H3/b13-7+/t14?,15-/m0/s1. The van der Waals surface area contributed by atoms with E-state index >= 15 is 0 Å². The molecule has 96 valence electrons. The van der Waals surface area contributed by atoms with Crippen LogP contribution in [0.15, 0.2) is 36.3 Å². The van der Waals surface area contributed by atoms with Crippen LogP contribution in [0.4, 0.5) is 0 Å². The van der Waals surface area contributed by atoms with E-state index in [-0.39, 0.29) is 0 Å². The molecular weight excluding hydrogens is 244 g/mol. The normalized spacial score (nSPS) is 28.1. The van der Waals surface area contributed by atoms with Crippen LogP contribution in [0.5, 0.6) is 0 Å². The highest BCUT2D eigenvalue weighted by atomic mass is 16.7. The van der Waals surface area contributed by atoms with Crippen molar-refractivity contribution in [1.82, 2.24) is 0 Å². The molecular formula is C15H12O4. The van der Waals surface area contributed by atoms with Crippen molar-refractivity contribution in [3.63, 3.8) is 0 Å². The summed E-state index contributed by atoms with van der Waals surface area (Å²) in [6.45, 7) is 3.05. The molecule has 4 nitrogen and oxygen atoms in total. The molecule has 4 heteroatoms. The Hall–Kier alpha value is -2.59. The number of hydrogen-bond acceptors (Lipinski definition) is 4. The molecule has 1 spiro atoms. The zero-order chi connectivity index (χ0) is 13.7. The van der Waals surface area contributed by atoms with E-state index in [1.807, 2.05) is 0 Å². The second-order valence-electron chi connectivity index (χ2n) is 3.82. The third-order valence-electron chi connectivity index (χ3n) is 2.43. The molecule has 0 amide bonds. The Morgan fingerprint density at radius 2 is 2.37 bits per heavy atom. The van der Waals surface area contributed by atoms with Crippen LogP contribution in [0.2, 0.25) is 0 Å². The molecule has 2 aliphatic rings. The lowest BCUT2D eigenvalue weighted by molar-refractivity contribution is -0.189. The Morgan fingerprint density at radius 3 is 3.11 bits per heavy atom. The van der Waals surface area contributed by atoms with Gasteiger partial charge >= 0.3 is 11.8 Å². The molecule has 0 bridgehead atoms. The van der Waals surface area contributed by atoms with Gasteiger partial charge in [0, 0.05) is 19.1 Å². The number of allylic oxidation sites excluding steroid dienone is 2. The molecule has 0 aromatic rings. The third-order valence-corrected chi connectivity index (χ3v) is 2.43. The van der Waals surface area contributed by atoms with Gasteiger partial charge in [-0.3, -0.25) is 4.79 Å². The van der Waals surface area contributed by atoms with Crippen molar-refractivity contribution in [2.75, 3.05) is 0 Å². The van der Waals surface area contributed by atoms with Crippen LogP contribution < -0.4 is 0 Å². The van der Waals surface area contributed by atoms with Crippen molar-refractivity contribution < 1.29 is 19.0 Å². The molecule has 0 saturated carbocycles. The predicted molar refractivity (Wildman–Crippen MR) is 68.0 cm³/mol. The maximum atomic E-state index is 11.0. The molecule has 0 N–H and O–H groups in total. The average Bonchev–Trinajstić information content (AvgIpc) is 2.94. The van der Waals surface area contributed by atoms with Crippen LogP contribution in [0.25, 0.3) is 0 Å². The molecule has 2 atom stereocenters. The molecule has 0 radical (unpaired) electrons. The number of carbonyl (C=O) groups is 1. The summed E-state index contributed by atoms with van der Waals surface area (Å²) in [6, 6.07) is 0. The largest absolute Gasteiger partial charge is 0.453 e.